The van der Waals surface area contributed by atoms with Crippen LogP contribution in [0.1, 0.15) is 33.1 Å². The number of hydrogen-bond donors (Lipinski definition) is 2. The first kappa shape index (κ1) is 8.02. The lowest BCUT2D eigenvalue weighted by molar-refractivity contribution is 0.179. The molecule has 1 aliphatic carbocycles. The molecule has 1 saturated carbocycles. The van der Waals surface area contributed by atoms with E-state index in [1.165, 1.54) is 19.3 Å². The molecule has 0 saturated heterocycles. The van der Waals surface area contributed by atoms with Crippen LogP contribution in [-0.2, 0) is 0 Å². The fourth-order valence-corrected chi connectivity index (χ4v) is 1.62. The Bertz CT molecular complexity index is 100. The molecule has 0 unspecified atom stereocenters. The SMILES string of the molecule is CC(C)NC1(CN)CCC1. The van der Waals surface area contributed by atoms with Gasteiger partial charge in [-0.05, 0) is 19.3 Å². The minimum absolute atomic E-state index is 0.314. The Balaban J connectivity index is 2.33. The van der Waals surface area contributed by atoms with Crippen molar-refractivity contribution in [2.45, 2.75) is 44.7 Å². The van der Waals surface area contributed by atoms with Crippen molar-refractivity contribution >= 4 is 0 Å². The van der Waals surface area contributed by atoms with Gasteiger partial charge < -0.3 is 11.1 Å². The third kappa shape index (κ3) is 1.50. The highest BCUT2D eigenvalue weighted by atomic mass is 15.0. The van der Waals surface area contributed by atoms with Crippen LogP contribution in [0.15, 0.2) is 0 Å². The van der Waals surface area contributed by atoms with Crippen LogP contribution in [0.3, 0.4) is 0 Å². The van der Waals surface area contributed by atoms with Crippen LogP contribution in [0.2, 0.25) is 0 Å². The van der Waals surface area contributed by atoms with Gasteiger partial charge in [0.25, 0.3) is 0 Å². The van der Waals surface area contributed by atoms with Crippen LogP contribution in [-0.4, -0.2) is 18.1 Å². The smallest absolute Gasteiger partial charge is 0.0306 e. The average molecular weight is 142 g/mol. The zero-order chi connectivity index (χ0) is 7.61. The van der Waals surface area contributed by atoms with Crippen molar-refractivity contribution in [1.82, 2.24) is 5.32 Å². The van der Waals surface area contributed by atoms with Gasteiger partial charge in [0.1, 0.15) is 0 Å². The number of hydrogen-bond acceptors (Lipinski definition) is 2. The van der Waals surface area contributed by atoms with Crippen molar-refractivity contribution in [3.8, 4) is 0 Å². The number of nitrogens with one attached hydrogen (secondary N) is 1. The van der Waals surface area contributed by atoms with Crippen LogP contribution >= 0.6 is 0 Å². The maximum absolute atomic E-state index is 5.65. The van der Waals surface area contributed by atoms with Crippen molar-refractivity contribution in [1.29, 1.82) is 0 Å². The second kappa shape index (κ2) is 2.89. The summed E-state index contributed by atoms with van der Waals surface area (Å²) in [6.07, 6.45) is 3.88. The number of nitrogens with two attached hydrogens (primary N) is 1. The second-order valence-corrected chi connectivity index (χ2v) is 3.64. The Morgan fingerprint density at radius 1 is 1.50 bits per heavy atom. The van der Waals surface area contributed by atoms with E-state index in [0.29, 0.717) is 11.6 Å². The van der Waals surface area contributed by atoms with Crippen molar-refractivity contribution in [3.63, 3.8) is 0 Å². The van der Waals surface area contributed by atoms with Crippen LogP contribution < -0.4 is 11.1 Å². The van der Waals surface area contributed by atoms with Gasteiger partial charge in [-0.1, -0.05) is 13.8 Å². The summed E-state index contributed by atoms with van der Waals surface area (Å²) in [6.45, 7) is 5.15. The summed E-state index contributed by atoms with van der Waals surface area (Å²) in [5, 5.41) is 3.52. The van der Waals surface area contributed by atoms with Gasteiger partial charge in [-0.2, -0.15) is 0 Å². The summed E-state index contributed by atoms with van der Waals surface area (Å²) in [7, 11) is 0. The maximum Gasteiger partial charge on any atom is 0.0306 e. The second-order valence-electron chi connectivity index (χ2n) is 3.64. The largest absolute Gasteiger partial charge is 0.329 e. The molecular weight excluding hydrogens is 124 g/mol. The van der Waals surface area contributed by atoms with Crippen LogP contribution in [0.4, 0.5) is 0 Å². The average Bonchev–Trinajstić information content (AvgIpc) is 1.78. The first-order chi connectivity index (χ1) is 4.68. The van der Waals surface area contributed by atoms with E-state index in [2.05, 4.69) is 19.2 Å². The van der Waals surface area contributed by atoms with Gasteiger partial charge in [0.05, 0.1) is 0 Å². The molecule has 0 aromatic heterocycles. The molecule has 1 aliphatic rings. The lowest BCUT2D eigenvalue weighted by Gasteiger charge is -2.43. The molecule has 2 nitrogen and oxygen atoms in total. The standard InChI is InChI=1S/C8H18N2/c1-7(2)10-8(6-9)4-3-5-8/h7,10H,3-6,9H2,1-2H3. The fourth-order valence-electron chi connectivity index (χ4n) is 1.62. The fraction of sp³-hybridized carbons (Fsp3) is 1.00. The molecule has 0 radical (unpaired) electrons. The Hall–Kier alpha value is -0.0800. The van der Waals surface area contributed by atoms with Gasteiger partial charge in [0.15, 0.2) is 0 Å². The van der Waals surface area contributed by atoms with E-state index in [9.17, 15) is 0 Å². The first-order valence-corrected chi connectivity index (χ1v) is 4.16. The van der Waals surface area contributed by atoms with Gasteiger partial charge in [-0.25, -0.2) is 0 Å². The van der Waals surface area contributed by atoms with E-state index in [-0.39, 0.29) is 0 Å². The highest BCUT2D eigenvalue weighted by molar-refractivity contribution is 4.97. The molecule has 3 N–H and O–H groups in total. The third-order valence-corrected chi connectivity index (χ3v) is 2.30. The maximum atomic E-state index is 5.65. The van der Waals surface area contributed by atoms with Gasteiger partial charge >= 0.3 is 0 Å². The zero-order valence-electron chi connectivity index (χ0n) is 6.98. The highest BCUT2D eigenvalue weighted by Crippen LogP contribution is 2.30. The molecule has 0 aromatic carbocycles. The van der Waals surface area contributed by atoms with Crippen molar-refractivity contribution in [3.05, 3.63) is 0 Å². The molecule has 0 spiro atoms. The van der Waals surface area contributed by atoms with Crippen molar-refractivity contribution in [2.24, 2.45) is 5.73 Å². The van der Waals surface area contributed by atoms with Crippen LogP contribution in [0.5, 0.6) is 0 Å². The Labute approximate surface area is 63.2 Å². The minimum Gasteiger partial charge on any atom is -0.329 e. The van der Waals surface area contributed by atoms with E-state index in [4.69, 9.17) is 5.73 Å². The van der Waals surface area contributed by atoms with Gasteiger partial charge in [0.2, 0.25) is 0 Å². The predicted octanol–water partition coefficient (Wildman–Crippen LogP) is 0.866. The summed E-state index contributed by atoms with van der Waals surface area (Å²) >= 11 is 0. The molecule has 2 heteroatoms. The van der Waals surface area contributed by atoms with E-state index in [0.717, 1.165) is 6.54 Å². The predicted molar refractivity (Wildman–Crippen MR) is 43.9 cm³/mol. The summed E-state index contributed by atoms with van der Waals surface area (Å²) < 4.78 is 0. The minimum atomic E-state index is 0.314. The number of rotatable bonds is 3. The van der Waals surface area contributed by atoms with E-state index >= 15 is 0 Å². The molecule has 1 rings (SSSR count). The van der Waals surface area contributed by atoms with Crippen LogP contribution in [0, 0.1) is 0 Å². The van der Waals surface area contributed by atoms with Crippen molar-refractivity contribution < 1.29 is 0 Å². The zero-order valence-corrected chi connectivity index (χ0v) is 6.98. The van der Waals surface area contributed by atoms with Gasteiger partial charge in [-0.15, -0.1) is 0 Å². The molecule has 0 aliphatic heterocycles. The molecule has 0 aromatic rings. The van der Waals surface area contributed by atoms with Gasteiger partial charge in [0, 0.05) is 18.1 Å². The Kier molecular flexibility index (Phi) is 2.32. The van der Waals surface area contributed by atoms with Crippen molar-refractivity contribution in [2.75, 3.05) is 6.54 Å². The summed E-state index contributed by atoms with van der Waals surface area (Å²) in [6, 6.07) is 0.573. The lowest BCUT2D eigenvalue weighted by Crippen LogP contribution is -2.58. The highest BCUT2D eigenvalue weighted by Gasteiger charge is 2.35. The Morgan fingerprint density at radius 3 is 2.20 bits per heavy atom. The summed E-state index contributed by atoms with van der Waals surface area (Å²) in [5.41, 5.74) is 5.97. The molecule has 0 atom stereocenters. The van der Waals surface area contributed by atoms with Gasteiger partial charge in [-0.3, -0.25) is 0 Å². The molecule has 1 fully saturated rings. The van der Waals surface area contributed by atoms with E-state index < -0.39 is 0 Å². The molecule has 60 valence electrons. The third-order valence-electron chi connectivity index (χ3n) is 2.30. The molecule has 0 bridgehead atoms. The Morgan fingerprint density at radius 2 is 2.10 bits per heavy atom. The summed E-state index contributed by atoms with van der Waals surface area (Å²) in [4.78, 5) is 0. The molecule has 10 heavy (non-hydrogen) atoms. The molecule has 0 heterocycles. The molecular formula is C8H18N2. The quantitative estimate of drug-likeness (QED) is 0.613. The lowest BCUT2D eigenvalue weighted by atomic mass is 9.76. The van der Waals surface area contributed by atoms with E-state index in [1.807, 2.05) is 0 Å². The monoisotopic (exact) mass is 142 g/mol. The topological polar surface area (TPSA) is 38.0 Å². The van der Waals surface area contributed by atoms with E-state index in [1.54, 1.807) is 0 Å². The summed E-state index contributed by atoms with van der Waals surface area (Å²) in [5.74, 6) is 0. The first-order valence-electron chi connectivity index (χ1n) is 4.16. The normalized spacial score (nSPS) is 22.8. The molecule has 0 amide bonds. The van der Waals surface area contributed by atoms with Crippen LogP contribution in [0.25, 0.3) is 0 Å².